The van der Waals surface area contributed by atoms with Gasteiger partial charge in [-0.3, -0.25) is 9.48 Å². The lowest BCUT2D eigenvalue weighted by molar-refractivity contribution is -0.151. The van der Waals surface area contributed by atoms with Crippen LogP contribution < -0.4 is 0 Å². The molecule has 0 atom stereocenters. The minimum Gasteiger partial charge on any atom is -0.481 e. The third-order valence-corrected chi connectivity index (χ3v) is 4.51. The van der Waals surface area contributed by atoms with Crippen molar-refractivity contribution in [1.29, 1.82) is 0 Å². The van der Waals surface area contributed by atoms with E-state index in [1.54, 1.807) is 10.9 Å². The van der Waals surface area contributed by atoms with Gasteiger partial charge >= 0.3 is 5.97 Å². The lowest BCUT2D eigenvalue weighted by atomic mass is 9.67. The van der Waals surface area contributed by atoms with Crippen LogP contribution in [0, 0.1) is 11.3 Å². The normalized spacial score (nSPS) is 27.4. The standard InChI is InChI=1S/C15H24N2O2/c1-3-4-12-5-7-15(8-6-12,14(18)19)9-13-10-16-17(2)11-13/h10-12H,3-9H2,1-2H3,(H,18,19). The maximum atomic E-state index is 11.7. The molecule has 4 nitrogen and oxygen atoms in total. The summed E-state index contributed by atoms with van der Waals surface area (Å²) in [5, 5.41) is 13.8. The Kier molecular flexibility index (Phi) is 4.27. The molecule has 1 aromatic heterocycles. The summed E-state index contributed by atoms with van der Waals surface area (Å²) in [5.74, 6) is 0.0951. The van der Waals surface area contributed by atoms with Gasteiger partial charge in [-0.25, -0.2) is 0 Å². The SMILES string of the molecule is CCCC1CCC(Cc2cnn(C)c2)(C(=O)O)CC1. The van der Waals surface area contributed by atoms with Crippen molar-refractivity contribution in [2.45, 2.75) is 51.9 Å². The van der Waals surface area contributed by atoms with E-state index in [0.717, 1.165) is 37.2 Å². The van der Waals surface area contributed by atoms with Crippen LogP contribution in [0.3, 0.4) is 0 Å². The van der Waals surface area contributed by atoms with Gasteiger partial charge in [0, 0.05) is 13.2 Å². The highest BCUT2D eigenvalue weighted by molar-refractivity contribution is 5.75. The molecule has 0 unspecified atom stereocenters. The average Bonchev–Trinajstić information content (AvgIpc) is 2.77. The number of aromatic nitrogens is 2. The molecule has 1 heterocycles. The van der Waals surface area contributed by atoms with Gasteiger partial charge in [-0.15, -0.1) is 0 Å². The molecule has 0 spiro atoms. The highest BCUT2D eigenvalue weighted by atomic mass is 16.4. The van der Waals surface area contributed by atoms with Crippen LogP contribution in [0.25, 0.3) is 0 Å². The van der Waals surface area contributed by atoms with Crippen LogP contribution in [-0.2, 0) is 18.3 Å². The summed E-state index contributed by atoms with van der Waals surface area (Å²) in [7, 11) is 1.87. The summed E-state index contributed by atoms with van der Waals surface area (Å²) in [6, 6.07) is 0. The van der Waals surface area contributed by atoms with Gasteiger partial charge in [-0.1, -0.05) is 19.8 Å². The number of rotatable bonds is 5. The highest BCUT2D eigenvalue weighted by Gasteiger charge is 2.41. The molecule has 19 heavy (non-hydrogen) atoms. The monoisotopic (exact) mass is 264 g/mol. The van der Waals surface area contributed by atoms with Gasteiger partial charge in [0.05, 0.1) is 11.6 Å². The van der Waals surface area contributed by atoms with Crippen LogP contribution in [0.15, 0.2) is 12.4 Å². The number of carbonyl (C=O) groups is 1. The van der Waals surface area contributed by atoms with E-state index in [4.69, 9.17) is 0 Å². The molecule has 1 aliphatic carbocycles. The van der Waals surface area contributed by atoms with E-state index in [-0.39, 0.29) is 0 Å². The Morgan fingerprint density at radius 3 is 2.68 bits per heavy atom. The van der Waals surface area contributed by atoms with E-state index >= 15 is 0 Å². The third-order valence-electron chi connectivity index (χ3n) is 4.51. The molecule has 1 aromatic rings. The molecule has 1 saturated carbocycles. The van der Waals surface area contributed by atoms with Crippen molar-refractivity contribution in [3.8, 4) is 0 Å². The summed E-state index contributed by atoms with van der Waals surface area (Å²) in [4.78, 5) is 11.7. The molecular weight excluding hydrogens is 240 g/mol. The van der Waals surface area contributed by atoms with Gasteiger partial charge in [0.25, 0.3) is 0 Å². The third kappa shape index (κ3) is 3.17. The van der Waals surface area contributed by atoms with Crippen LogP contribution in [0.4, 0.5) is 0 Å². The van der Waals surface area contributed by atoms with Crippen molar-refractivity contribution in [3.63, 3.8) is 0 Å². The first-order chi connectivity index (χ1) is 9.05. The van der Waals surface area contributed by atoms with Crippen molar-refractivity contribution in [2.24, 2.45) is 18.4 Å². The van der Waals surface area contributed by atoms with Crippen LogP contribution in [0.2, 0.25) is 0 Å². The van der Waals surface area contributed by atoms with E-state index in [9.17, 15) is 9.90 Å². The second-order valence-electron chi connectivity index (χ2n) is 6.02. The summed E-state index contributed by atoms with van der Waals surface area (Å²) in [5.41, 5.74) is 0.478. The zero-order chi connectivity index (χ0) is 13.9. The Labute approximate surface area is 114 Å². The zero-order valence-electron chi connectivity index (χ0n) is 11.9. The lowest BCUT2D eigenvalue weighted by Gasteiger charge is -2.36. The quantitative estimate of drug-likeness (QED) is 0.889. The molecule has 0 radical (unpaired) electrons. The first kappa shape index (κ1) is 14.1. The Morgan fingerprint density at radius 1 is 1.53 bits per heavy atom. The number of aryl methyl sites for hydroxylation is 1. The number of aliphatic carboxylic acids is 1. The molecule has 1 aliphatic rings. The van der Waals surface area contributed by atoms with Gasteiger partial charge in [-0.2, -0.15) is 5.10 Å². The smallest absolute Gasteiger partial charge is 0.309 e. The molecule has 0 saturated heterocycles. The highest BCUT2D eigenvalue weighted by Crippen LogP contribution is 2.43. The van der Waals surface area contributed by atoms with Crippen molar-refractivity contribution >= 4 is 5.97 Å². The maximum Gasteiger partial charge on any atom is 0.309 e. The zero-order valence-corrected chi connectivity index (χ0v) is 11.9. The Morgan fingerprint density at radius 2 is 2.21 bits per heavy atom. The topological polar surface area (TPSA) is 55.1 Å². The van der Waals surface area contributed by atoms with E-state index in [1.807, 2.05) is 13.2 Å². The second kappa shape index (κ2) is 5.76. The van der Waals surface area contributed by atoms with E-state index in [1.165, 1.54) is 12.8 Å². The van der Waals surface area contributed by atoms with Gasteiger partial charge in [0.1, 0.15) is 0 Å². The molecule has 0 bridgehead atoms. The summed E-state index contributed by atoms with van der Waals surface area (Å²) in [6.45, 7) is 2.20. The van der Waals surface area contributed by atoms with Crippen molar-refractivity contribution in [2.75, 3.05) is 0 Å². The van der Waals surface area contributed by atoms with Crippen LogP contribution in [0.5, 0.6) is 0 Å². The molecule has 2 rings (SSSR count). The number of hydrogen-bond acceptors (Lipinski definition) is 2. The number of carboxylic acid groups (broad SMARTS) is 1. The largest absolute Gasteiger partial charge is 0.481 e. The number of hydrogen-bond donors (Lipinski definition) is 1. The van der Waals surface area contributed by atoms with Gasteiger partial charge in [0.2, 0.25) is 0 Å². The molecule has 0 aliphatic heterocycles. The van der Waals surface area contributed by atoms with Gasteiger partial charge < -0.3 is 5.11 Å². The van der Waals surface area contributed by atoms with E-state index in [2.05, 4.69) is 12.0 Å². The molecule has 106 valence electrons. The number of carboxylic acids is 1. The Hall–Kier alpha value is -1.32. The van der Waals surface area contributed by atoms with Crippen molar-refractivity contribution < 1.29 is 9.90 Å². The predicted molar refractivity (Wildman–Crippen MR) is 73.8 cm³/mol. The summed E-state index contributed by atoms with van der Waals surface area (Å²) >= 11 is 0. The molecule has 1 N–H and O–H groups in total. The van der Waals surface area contributed by atoms with E-state index in [0.29, 0.717) is 6.42 Å². The fraction of sp³-hybridized carbons (Fsp3) is 0.733. The van der Waals surface area contributed by atoms with E-state index < -0.39 is 11.4 Å². The van der Waals surface area contributed by atoms with Crippen LogP contribution in [0.1, 0.15) is 51.0 Å². The minimum atomic E-state index is -0.633. The molecule has 0 aromatic carbocycles. The average molecular weight is 264 g/mol. The van der Waals surface area contributed by atoms with Crippen LogP contribution in [-0.4, -0.2) is 20.9 Å². The lowest BCUT2D eigenvalue weighted by Crippen LogP contribution is -2.37. The van der Waals surface area contributed by atoms with Crippen LogP contribution >= 0.6 is 0 Å². The minimum absolute atomic E-state index is 0.562. The molecule has 4 heteroatoms. The predicted octanol–water partition coefficient (Wildman–Crippen LogP) is 3.02. The van der Waals surface area contributed by atoms with Crippen molar-refractivity contribution in [3.05, 3.63) is 18.0 Å². The van der Waals surface area contributed by atoms with Crippen molar-refractivity contribution in [1.82, 2.24) is 9.78 Å². The van der Waals surface area contributed by atoms with Gasteiger partial charge in [0.15, 0.2) is 0 Å². The maximum absolute atomic E-state index is 11.7. The first-order valence-electron chi connectivity index (χ1n) is 7.26. The fourth-order valence-electron chi connectivity index (χ4n) is 3.35. The fourth-order valence-corrected chi connectivity index (χ4v) is 3.35. The number of nitrogens with zero attached hydrogens (tertiary/aromatic N) is 2. The Balaban J connectivity index is 2.06. The summed E-state index contributed by atoms with van der Waals surface area (Å²) < 4.78 is 1.74. The second-order valence-corrected chi connectivity index (χ2v) is 6.02. The van der Waals surface area contributed by atoms with Gasteiger partial charge in [-0.05, 0) is 43.6 Å². The summed E-state index contributed by atoms with van der Waals surface area (Å²) in [6.07, 6.45) is 10.5. The molecule has 1 fully saturated rings. The first-order valence-corrected chi connectivity index (χ1v) is 7.26. The molecule has 0 amide bonds. The Bertz CT molecular complexity index is 431. The molecular formula is C15H24N2O2.